The van der Waals surface area contributed by atoms with Crippen LogP contribution in [0.4, 0.5) is 13.2 Å². The number of aromatic nitrogens is 3. The zero-order valence-corrected chi connectivity index (χ0v) is 31.3. The number of halogens is 3. The van der Waals surface area contributed by atoms with E-state index in [1.807, 2.05) is 75.4 Å². The van der Waals surface area contributed by atoms with Gasteiger partial charge in [-0.05, 0) is 47.2 Å². The molecule has 14 heteroatoms. The quantitative estimate of drug-likeness (QED) is 0.118. The van der Waals surface area contributed by atoms with Crippen molar-refractivity contribution in [2.24, 2.45) is 11.1 Å². The maximum atomic E-state index is 15.2. The number of hydrogen-bond acceptors (Lipinski definition) is 6. The lowest BCUT2D eigenvalue weighted by molar-refractivity contribution is -0.146. The van der Waals surface area contributed by atoms with Gasteiger partial charge >= 0.3 is 0 Å². The van der Waals surface area contributed by atoms with Crippen LogP contribution in [0.5, 0.6) is 0 Å². The van der Waals surface area contributed by atoms with Crippen molar-refractivity contribution in [3.05, 3.63) is 126 Å². The molecule has 0 saturated carbocycles. The predicted octanol–water partition coefficient (Wildman–Crippen LogP) is 5.61. The van der Waals surface area contributed by atoms with Gasteiger partial charge in [-0.2, -0.15) is 0 Å². The average molecular weight is 768 g/mol. The largest absolute Gasteiger partial charge is 0.361 e. The Balaban J connectivity index is 1.35. The molecule has 56 heavy (non-hydrogen) atoms. The molecule has 11 nitrogen and oxygen atoms in total. The first-order chi connectivity index (χ1) is 26.7. The molecule has 0 unspecified atom stereocenters. The van der Waals surface area contributed by atoms with Crippen molar-refractivity contribution in [3.63, 3.8) is 0 Å². The second-order valence-electron chi connectivity index (χ2n) is 15.0. The van der Waals surface area contributed by atoms with Crippen LogP contribution in [0.1, 0.15) is 50.2 Å². The second kappa shape index (κ2) is 16.8. The number of fused-ring (bicyclic) bond motifs is 1. The molecule has 2 aromatic heterocycles. The van der Waals surface area contributed by atoms with Gasteiger partial charge in [0.25, 0.3) is 11.8 Å². The molecule has 3 atom stereocenters. The van der Waals surface area contributed by atoms with Crippen LogP contribution in [0.25, 0.3) is 22.2 Å². The van der Waals surface area contributed by atoms with E-state index in [0.717, 1.165) is 51.7 Å². The SMILES string of the molecule is CC(C)(C)[C@H](c1nc(-c2cc(F)ccc2F)cn1Cc1ccccc1)N(CC[C@H](N)CF)C(=O)CNC(=O)[C@H](Cc1c[nH]c2ccccc12)N1C(=O)C=CC1=O. The summed E-state index contributed by atoms with van der Waals surface area (Å²) in [6.07, 6.45) is 5.52. The lowest BCUT2D eigenvalue weighted by atomic mass is 9.84. The van der Waals surface area contributed by atoms with Crippen molar-refractivity contribution >= 4 is 34.5 Å². The van der Waals surface area contributed by atoms with Gasteiger partial charge in [-0.25, -0.2) is 18.2 Å². The Hall–Kier alpha value is -6.02. The Morgan fingerprint density at radius 1 is 0.982 bits per heavy atom. The van der Waals surface area contributed by atoms with E-state index in [-0.39, 0.29) is 37.2 Å². The smallest absolute Gasteiger partial charge is 0.254 e. The van der Waals surface area contributed by atoms with E-state index < -0.39 is 72.0 Å². The molecule has 0 spiro atoms. The standard InChI is InChI=1S/C42H44F3N7O4/c1-42(2,3)39(40-49-34(31-20-28(44)13-14-32(31)45)25-50(40)24-26-9-5-4-6-10-26)51(18-17-29(46)21-43)38(55)23-48-41(56)35(52-36(53)15-16-37(52)54)19-27-22-47-33-12-8-7-11-30(27)33/h4-16,20,22,25,29,35,39,47H,17-19,21,23-24,46H2,1-3H3,(H,48,56)/t29-,35-,39-/m0/s1. The van der Waals surface area contributed by atoms with E-state index >= 15 is 4.39 Å². The number of aromatic amines is 1. The molecule has 6 rings (SSSR count). The van der Waals surface area contributed by atoms with E-state index in [9.17, 15) is 28.0 Å². The monoisotopic (exact) mass is 767 g/mol. The van der Waals surface area contributed by atoms with Crippen LogP contribution in [0, 0.1) is 17.0 Å². The number of nitrogens with zero attached hydrogens (tertiary/aromatic N) is 4. The number of alkyl halides is 1. The van der Waals surface area contributed by atoms with Gasteiger partial charge in [0.15, 0.2) is 0 Å². The molecule has 0 saturated heterocycles. The Labute approximate surface area is 322 Å². The van der Waals surface area contributed by atoms with Crippen LogP contribution >= 0.6 is 0 Å². The first-order valence-corrected chi connectivity index (χ1v) is 18.3. The van der Waals surface area contributed by atoms with Gasteiger partial charge in [-0.3, -0.25) is 24.1 Å². The molecule has 292 valence electrons. The summed E-state index contributed by atoms with van der Waals surface area (Å²) in [4.78, 5) is 64.5. The van der Waals surface area contributed by atoms with E-state index in [2.05, 4.69) is 10.3 Å². The summed E-state index contributed by atoms with van der Waals surface area (Å²) in [6, 6.07) is 16.8. The van der Waals surface area contributed by atoms with Crippen LogP contribution in [0.3, 0.4) is 0 Å². The molecule has 4 amide bonds. The van der Waals surface area contributed by atoms with Gasteiger partial charge in [-0.15, -0.1) is 0 Å². The second-order valence-corrected chi connectivity index (χ2v) is 15.0. The maximum Gasteiger partial charge on any atom is 0.254 e. The first kappa shape index (κ1) is 39.7. The van der Waals surface area contributed by atoms with Crippen molar-refractivity contribution in [1.29, 1.82) is 0 Å². The highest BCUT2D eigenvalue weighted by Gasteiger charge is 2.40. The number of amides is 4. The number of carbonyl (C=O) groups excluding carboxylic acids is 4. The maximum absolute atomic E-state index is 15.2. The minimum absolute atomic E-state index is 0.0286. The van der Waals surface area contributed by atoms with Gasteiger partial charge in [-0.1, -0.05) is 69.3 Å². The van der Waals surface area contributed by atoms with Crippen molar-refractivity contribution in [2.75, 3.05) is 19.8 Å². The van der Waals surface area contributed by atoms with Crippen molar-refractivity contribution < 1.29 is 32.3 Å². The number of H-pyrrole nitrogens is 1. The highest BCUT2D eigenvalue weighted by atomic mass is 19.1. The number of imidazole rings is 1. The molecule has 3 heterocycles. The normalized spacial score (nSPS) is 14.7. The molecule has 4 N–H and O–H groups in total. The van der Waals surface area contributed by atoms with Crippen LogP contribution < -0.4 is 11.1 Å². The lowest BCUT2D eigenvalue weighted by Gasteiger charge is -2.40. The van der Waals surface area contributed by atoms with Gasteiger partial charge < -0.3 is 25.5 Å². The zero-order chi connectivity index (χ0) is 40.1. The van der Waals surface area contributed by atoms with Crippen molar-refractivity contribution in [3.8, 4) is 11.3 Å². The summed E-state index contributed by atoms with van der Waals surface area (Å²) in [7, 11) is 0. The fraction of sp³-hybridized carbons (Fsp3) is 0.310. The molecule has 1 aliphatic heterocycles. The molecule has 1 aliphatic rings. The van der Waals surface area contributed by atoms with E-state index in [1.165, 1.54) is 4.90 Å². The number of rotatable bonds is 15. The van der Waals surface area contributed by atoms with Gasteiger partial charge in [0.2, 0.25) is 11.8 Å². The summed E-state index contributed by atoms with van der Waals surface area (Å²) in [5.74, 6) is -3.65. The molecular formula is C42H44F3N7O4. The molecule has 5 aromatic rings. The number of imide groups is 1. The minimum Gasteiger partial charge on any atom is -0.361 e. The van der Waals surface area contributed by atoms with Gasteiger partial charge in [0.1, 0.15) is 30.2 Å². The summed E-state index contributed by atoms with van der Waals surface area (Å²) >= 11 is 0. The average Bonchev–Trinajstić information content (AvgIpc) is 3.87. The third kappa shape index (κ3) is 8.76. The van der Waals surface area contributed by atoms with E-state index in [4.69, 9.17) is 10.7 Å². The topological polar surface area (TPSA) is 146 Å². The third-order valence-electron chi connectivity index (χ3n) is 9.80. The Kier molecular flexibility index (Phi) is 11.9. The highest BCUT2D eigenvalue weighted by Crippen LogP contribution is 2.39. The van der Waals surface area contributed by atoms with Crippen LogP contribution in [0.2, 0.25) is 0 Å². The molecule has 3 aromatic carbocycles. The van der Waals surface area contributed by atoms with Gasteiger partial charge in [0.05, 0.1) is 18.3 Å². The Bertz CT molecular complexity index is 2240. The van der Waals surface area contributed by atoms with Crippen molar-refractivity contribution in [1.82, 2.24) is 29.7 Å². The zero-order valence-electron chi connectivity index (χ0n) is 31.3. The first-order valence-electron chi connectivity index (χ1n) is 18.3. The fourth-order valence-corrected chi connectivity index (χ4v) is 7.06. The molecule has 0 aliphatic carbocycles. The van der Waals surface area contributed by atoms with E-state index in [1.54, 1.807) is 17.0 Å². The predicted molar refractivity (Wildman–Crippen MR) is 205 cm³/mol. The number of nitrogens with two attached hydrogens (primary N) is 1. The number of carbonyl (C=O) groups is 4. The molecule has 0 bridgehead atoms. The number of para-hydroxylation sites is 1. The van der Waals surface area contributed by atoms with Crippen LogP contribution in [-0.4, -0.2) is 79.8 Å². The third-order valence-corrected chi connectivity index (χ3v) is 9.80. The highest BCUT2D eigenvalue weighted by molar-refractivity contribution is 6.15. The Morgan fingerprint density at radius 2 is 1.68 bits per heavy atom. The van der Waals surface area contributed by atoms with Crippen LogP contribution in [-0.2, 0) is 32.1 Å². The summed E-state index contributed by atoms with van der Waals surface area (Å²) in [5, 5.41) is 3.47. The molecule has 0 radical (unpaired) electrons. The molecular weight excluding hydrogens is 724 g/mol. The van der Waals surface area contributed by atoms with Gasteiger partial charge in [0, 0.05) is 66.6 Å². The summed E-state index contributed by atoms with van der Waals surface area (Å²) in [6.45, 7) is 4.45. The Morgan fingerprint density at radius 3 is 2.38 bits per heavy atom. The fourth-order valence-electron chi connectivity index (χ4n) is 7.06. The van der Waals surface area contributed by atoms with Crippen LogP contribution in [0.15, 0.2) is 97.3 Å². The number of benzene rings is 3. The number of nitrogens with one attached hydrogen (secondary N) is 2. The lowest BCUT2D eigenvalue weighted by Crippen LogP contribution is -2.53. The van der Waals surface area contributed by atoms with Crippen molar-refractivity contribution in [2.45, 2.75) is 58.3 Å². The summed E-state index contributed by atoms with van der Waals surface area (Å²) < 4.78 is 45.1. The summed E-state index contributed by atoms with van der Waals surface area (Å²) in [5.41, 5.74) is 7.67. The van der Waals surface area contributed by atoms with E-state index in [0.29, 0.717) is 11.4 Å². The number of hydrogen-bond donors (Lipinski definition) is 3. The molecule has 0 fully saturated rings. The minimum atomic E-state index is -1.29.